The molecule has 1 aliphatic heterocycles. The third kappa shape index (κ3) is 3.26. The Morgan fingerprint density at radius 1 is 1.07 bits per heavy atom. The molecule has 3 aromatic rings. The zero-order valence-corrected chi connectivity index (χ0v) is 15.6. The fourth-order valence-corrected chi connectivity index (χ4v) is 3.44. The van der Waals surface area contributed by atoms with Gasteiger partial charge in [-0.05, 0) is 43.2 Å². The van der Waals surface area contributed by atoms with E-state index in [0.717, 1.165) is 17.9 Å². The maximum atomic E-state index is 5.46. The van der Waals surface area contributed by atoms with Crippen molar-refractivity contribution in [1.82, 2.24) is 9.97 Å². The van der Waals surface area contributed by atoms with E-state index in [1.807, 2.05) is 30.3 Å². The molecule has 2 aromatic carbocycles. The summed E-state index contributed by atoms with van der Waals surface area (Å²) in [6.45, 7) is 2.19. The molecule has 27 heavy (non-hydrogen) atoms. The quantitative estimate of drug-likeness (QED) is 0.729. The molecule has 1 atom stereocenters. The summed E-state index contributed by atoms with van der Waals surface area (Å²) in [6.07, 6.45) is 2.76. The van der Waals surface area contributed by atoms with Gasteiger partial charge in [0, 0.05) is 24.0 Å². The Morgan fingerprint density at radius 2 is 1.93 bits per heavy atom. The molecule has 4 rings (SSSR count). The summed E-state index contributed by atoms with van der Waals surface area (Å²) in [5, 5.41) is 3.32. The van der Waals surface area contributed by atoms with Crippen LogP contribution < -0.4 is 19.7 Å². The molecule has 0 saturated carbocycles. The standard InChI is InChI=1S/C21H22N4O2/c1-14-12-15-6-4-5-7-18(15)25(14)21-22-11-10-20(24-21)23-17-9-8-16(26-2)13-19(17)27-3/h4-11,13-14H,12H2,1-3H3,(H,22,23,24). The normalized spacial score (nSPS) is 15.4. The van der Waals surface area contributed by atoms with Gasteiger partial charge in [-0.1, -0.05) is 18.2 Å². The summed E-state index contributed by atoms with van der Waals surface area (Å²) >= 11 is 0. The third-order valence-electron chi connectivity index (χ3n) is 4.74. The molecule has 1 N–H and O–H groups in total. The highest BCUT2D eigenvalue weighted by Crippen LogP contribution is 2.37. The number of ether oxygens (including phenoxy) is 2. The van der Waals surface area contributed by atoms with Crippen LogP contribution in [0.3, 0.4) is 0 Å². The van der Waals surface area contributed by atoms with Crippen molar-refractivity contribution in [2.24, 2.45) is 0 Å². The van der Waals surface area contributed by atoms with Crippen molar-refractivity contribution in [3.8, 4) is 11.5 Å². The number of hydrogen-bond acceptors (Lipinski definition) is 6. The summed E-state index contributed by atoms with van der Waals surface area (Å²) in [5.74, 6) is 2.82. The first-order valence-electron chi connectivity index (χ1n) is 8.89. The average molecular weight is 362 g/mol. The molecular weight excluding hydrogens is 340 g/mol. The molecule has 0 radical (unpaired) electrons. The zero-order valence-electron chi connectivity index (χ0n) is 15.6. The minimum atomic E-state index is 0.313. The lowest BCUT2D eigenvalue weighted by molar-refractivity contribution is 0.395. The van der Waals surface area contributed by atoms with Gasteiger partial charge in [0.2, 0.25) is 5.95 Å². The number of fused-ring (bicyclic) bond motifs is 1. The summed E-state index contributed by atoms with van der Waals surface area (Å²) in [6, 6.07) is 16.2. The summed E-state index contributed by atoms with van der Waals surface area (Å²) in [5.41, 5.74) is 3.31. The van der Waals surface area contributed by atoms with E-state index < -0.39 is 0 Å². The Hall–Kier alpha value is -3.28. The van der Waals surface area contributed by atoms with E-state index in [9.17, 15) is 0 Å². The highest BCUT2D eigenvalue weighted by molar-refractivity contribution is 5.69. The zero-order chi connectivity index (χ0) is 18.8. The lowest BCUT2D eigenvalue weighted by Gasteiger charge is -2.23. The average Bonchev–Trinajstić information content (AvgIpc) is 3.04. The van der Waals surface area contributed by atoms with Gasteiger partial charge >= 0.3 is 0 Å². The molecule has 6 heteroatoms. The third-order valence-corrected chi connectivity index (χ3v) is 4.74. The van der Waals surface area contributed by atoms with Crippen LogP contribution in [0.2, 0.25) is 0 Å². The lowest BCUT2D eigenvalue weighted by atomic mass is 10.1. The molecule has 0 aliphatic carbocycles. The Balaban J connectivity index is 1.64. The largest absolute Gasteiger partial charge is 0.497 e. The van der Waals surface area contributed by atoms with Crippen LogP contribution in [0.4, 0.5) is 23.1 Å². The van der Waals surface area contributed by atoms with Crippen LogP contribution in [0.1, 0.15) is 12.5 Å². The fraction of sp³-hybridized carbons (Fsp3) is 0.238. The van der Waals surface area contributed by atoms with Crippen molar-refractivity contribution >= 4 is 23.1 Å². The lowest BCUT2D eigenvalue weighted by Crippen LogP contribution is -2.25. The van der Waals surface area contributed by atoms with Crippen molar-refractivity contribution in [2.75, 3.05) is 24.4 Å². The fourth-order valence-electron chi connectivity index (χ4n) is 3.44. The van der Waals surface area contributed by atoms with E-state index in [1.165, 1.54) is 11.3 Å². The molecule has 2 heterocycles. The molecule has 0 fully saturated rings. The van der Waals surface area contributed by atoms with Crippen LogP contribution in [0.5, 0.6) is 11.5 Å². The van der Waals surface area contributed by atoms with Gasteiger partial charge in [-0.2, -0.15) is 4.98 Å². The number of para-hydroxylation sites is 1. The second kappa shape index (κ2) is 7.15. The van der Waals surface area contributed by atoms with Crippen molar-refractivity contribution in [3.05, 3.63) is 60.3 Å². The Bertz CT molecular complexity index is 960. The first-order chi connectivity index (χ1) is 13.2. The van der Waals surface area contributed by atoms with Crippen molar-refractivity contribution in [3.63, 3.8) is 0 Å². The molecule has 138 valence electrons. The van der Waals surface area contributed by atoms with Gasteiger partial charge in [-0.15, -0.1) is 0 Å². The minimum Gasteiger partial charge on any atom is -0.497 e. The predicted octanol–water partition coefficient (Wildman–Crippen LogP) is 4.32. The first-order valence-corrected chi connectivity index (χ1v) is 8.89. The topological polar surface area (TPSA) is 59.5 Å². The second-order valence-corrected chi connectivity index (χ2v) is 6.48. The predicted molar refractivity (Wildman–Crippen MR) is 107 cm³/mol. The Kier molecular flexibility index (Phi) is 4.54. The van der Waals surface area contributed by atoms with Gasteiger partial charge in [-0.25, -0.2) is 4.98 Å². The van der Waals surface area contributed by atoms with Crippen LogP contribution in [0.15, 0.2) is 54.7 Å². The van der Waals surface area contributed by atoms with Crippen molar-refractivity contribution in [1.29, 1.82) is 0 Å². The van der Waals surface area contributed by atoms with Gasteiger partial charge < -0.3 is 19.7 Å². The first kappa shape index (κ1) is 17.1. The van der Waals surface area contributed by atoms with E-state index >= 15 is 0 Å². The smallest absolute Gasteiger partial charge is 0.232 e. The van der Waals surface area contributed by atoms with Crippen LogP contribution in [-0.4, -0.2) is 30.2 Å². The Morgan fingerprint density at radius 3 is 2.74 bits per heavy atom. The molecule has 1 aliphatic rings. The van der Waals surface area contributed by atoms with E-state index in [4.69, 9.17) is 14.5 Å². The summed E-state index contributed by atoms with van der Waals surface area (Å²) in [4.78, 5) is 11.4. The van der Waals surface area contributed by atoms with Crippen LogP contribution >= 0.6 is 0 Å². The van der Waals surface area contributed by atoms with Crippen molar-refractivity contribution < 1.29 is 9.47 Å². The van der Waals surface area contributed by atoms with Gasteiger partial charge in [0.1, 0.15) is 17.3 Å². The highest BCUT2D eigenvalue weighted by atomic mass is 16.5. The number of hydrogen-bond donors (Lipinski definition) is 1. The number of rotatable bonds is 5. The number of nitrogens with zero attached hydrogens (tertiary/aromatic N) is 3. The molecule has 0 amide bonds. The number of nitrogens with one attached hydrogen (secondary N) is 1. The second-order valence-electron chi connectivity index (χ2n) is 6.48. The minimum absolute atomic E-state index is 0.313. The molecule has 1 unspecified atom stereocenters. The maximum Gasteiger partial charge on any atom is 0.232 e. The van der Waals surface area contributed by atoms with Crippen LogP contribution in [0.25, 0.3) is 0 Å². The number of benzene rings is 2. The van der Waals surface area contributed by atoms with Gasteiger partial charge in [-0.3, -0.25) is 0 Å². The maximum absolute atomic E-state index is 5.46. The van der Waals surface area contributed by atoms with Gasteiger partial charge in [0.25, 0.3) is 0 Å². The number of methoxy groups -OCH3 is 2. The molecule has 1 aromatic heterocycles. The van der Waals surface area contributed by atoms with E-state index in [0.29, 0.717) is 23.6 Å². The van der Waals surface area contributed by atoms with E-state index in [2.05, 4.69) is 40.3 Å². The number of anilines is 4. The monoisotopic (exact) mass is 362 g/mol. The SMILES string of the molecule is COc1ccc(Nc2ccnc(N3c4ccccc4CC3C)n2)c(OC)c1. The van der Waals surface area contributed by atoms with Crippen molar-refractivity contribution in [2.45, 2.75) is 19.4 Å². The number of aromatic nitrogens is 2. The molecule has 0 spiro atoms. The van der Waals surface area contributed by atoms with Crippen LogP contribution in [0, 0.1) is 0 Å². The molecular formula is C21H22N4O2. The van der Waals surface area contributed by atoms with Gasteiger partial charge in [0.05, 0.1) is 19.9 Å². The van der Waals surface area contributed by atoms with E-state index in [-0.39, 0.29) is 0 Å². The van der Waals surface area contributed by atoms with Crippen LogP contribution in [-0.2, 0) is 6.42 Å². The molecule has 0 bridgehead atoms. The highest BCUT2D eigenvalue weighted by Gasteiger charge is 2.28. The molecule has 0 saturated heterocycles. The molecule has 6 nitrogen and oxygen atoms in total. The van der Waals surface area contributed by atoms with E-state index in [1.54, 1.807) is 20.4 Å². The summed E-state index contributed by atoms with van der Waals surface area (Å²) < 4.78 is 10.7. The Labute approximate surface area is 158 Å². The van der Waals surface area contributed by atoms with Gasteiger partial charge in [0.15, 0.2) is 0 Å². The summed E-state index contributed by atoms with van der Waals surface area (Å²) in [7, 11) is 3.27.